The molecule has 3 aromatic rings. The number of benzene rings is 3. The lowest BCUT2D eigenvalue weighted by molar-refractivity contribution is -0.115. The molecular weight excluding hydrogens is 531 g/mol. The van der Waals surface area contributed by atoms with E-state index in [2.05, 4.69) is 10.6 Å². The second-order valence-electron chi connectivity index (χ2n) is 7.42. The molecule has 0 aliphatic carbocycles. The molecule has 1 unspecified atom stereocenters. The zero-order chi connectivity index (χ0) is 25.8. The number of sulfone groups is 1. The van der Waals surface area contributed by atoms with Gasteiger partial charge in [0.25, 0.3) is 5.91 Å². The van der Waals surface area contributed by atoms with Crippen molar-refractivity contribution in [2.75, 3.05) is 16.9 Å². The highest BCUT2D eigenvalue weighted by molar-refractivity contribution is 7.98. The Labute approximate surface area is 217 Å². The fourth-order valence-electron chi connectivity index (χ4n) is 3.25. The summed E-state index contributed by atoms with van der Waals surface area (Å²) in [7, 11) is -3.93. The summed E-state index contributed by atoms with van der Waals surface area (Å²) < 4.78 is 26.1. The lowest BCUT2D eigenvalue weighted by atomic mass is 10.2. The van der Waals surface area contributed by atoms with Crippen molar-refractivity contribution in [3.05, 3.63) is 76.3 Å². The van der Waals surface area contributed by atoms with E-state index in [4.69, 9.17) is 23.2 Å². The first-order valence-electron chi connectivity index (χ1n) is 10.3. The van der Waals surface area contributed by atoms with Crippen LogP contribution in [-0.4, -0.2) is 36.8 Å². The molecule has 0 aliphatic rings. The third kappa shape index (κ3) is 6.29. The van der Waals surface area contributed by atoms with Crippen molar-refractivity contribution in [1.29, 1.82) is 0 Å². The van der Waals surface area contributed by atoms with Gasteiger partial charge < -0.3 is 15.7 Å². The fourth-order valence-corrected chi connectivity index (χ4v) is 5.58. The van der Waals surface area contributed by atoms with Gasteiger partial charge in [-0.1, -0.05) is 30.1 Å². The number of hydrogen-bond acceptors (Lipinski definition) is 6. The van der Waals surface area contributed by atoms with E-state index >= 15 is 0 Å². The van der Waals surface area contributed by atoms with Crippen LogP contribution in [0.2, 0.25) is 10.0 Å². The monoisotopic (exact) mass is 552 g/mol. The first-order valence-corrected chi connectivity index (χ1v) is 13.9. The average Bonchev–Trinajstić information content (AvgIpc) is 2.82. The Bertz CT molecular complexity index is 1360. The highest BCUT2D eigenvalue weighted by Gasteiger charge is 2.32. The Morgan fingerprint density at radius 3 is 2.23 bits per heavy atom. The normalized spacial score (nSPS) is 12.1. The molecule has 0 saturated heterocycles. The second kappa shape index (κ2) is 11.3. The van der Waals surface area contributed by atoms with E-state index in [1.54, 1.807) is 19.1 Å². The molecule has 3 rings (SSSR count). The zero-order valence-corrected chi connectivity index (χ0v) is 21.9. The maximum absolute atomic E-state index is 13.0. The van der Waals surface area contributed by atoms with Crippen LogP contribution in [0.15, 0.2) is 70.5 Å². The zero-order valence-electron chi connectivity index (χ0n) is 18.7. The summed E-state index contributed by atoms with van der Waals surface area (Å²) in [5.74, 6) is -1.58. The number of amides is 2. The topological polar surface area (TPSA) is 113 Å². The van der Waals surface area contributed by atoms with Gasteiger partial charge in [0.1, 0.15) is 11.0 Å². The molecule has 0 heterocycles. The summed E-state index contributed by atoms with van der Waals surface area (Å²) in [6, 6.07) is 14.7. The molecular formula is C24H22Cl2N2O5S2. The van der Waals surface area contributed by atoms with Gasteiger partial charge >= 0.3 is 0 Å². The molecule has 184 valence electrons. The molecule has 1 atom stereocenters. The molecule has 0 fully saturated rings. The number of phenols is 1. The first-order chi connectivity index (χ1) is 16.6. The van der Waals surface area contributed by atoms with Crippen LogP contribution in [0, 0.1) is 0 Å². The Morgan fingerprint density at radius 1 is 0.971 bits per heavy atom. The maximum Gasteiger partial charge on any atom is 0.255 e. The number of aromatic hydroxyl groups is 1. The molecule has 35 heavy (non-hydrogen) atoms. The third-order valence-electron chi connectivity index (χ3n) is 5.12. The van der Waals surface area contributed by atoms with E-state index in [9.17, 15) is 23.1 Å². The molecule has 0 aliphatic heterocycles. The van der Waals surface area contributed by atoms with Crippen molar-refractivity contribution in [1.82, 2.24) is 0 Å². The van der Waals surface area contributed by atoms with Crippen LogP contribution in [0.5, 0.6) is 5.75 Å². The van der Waals surface area contributed by atoms with Crippen molar-refractivity contribution in [2.24, 2.45) is 0 Å². The number of halogens is 2. The van der Waals surface area contributed by atoms with Crippen molar-refractivity contribution in [2.45, 2.75) is 28.4 Å². The molecule has 3 N–H and O–H groups in total. The van der Waals surface area contributed by atoms with Gasteiger partial charge in [-0.25, -0.2) is 8.42 Å². The van der Waals surface area contributed by atoms with Crippen LogP contribution in [0.3, 0.4) is 0 Å². The van der Waals surface area contributed by atoms with Crippen LogP contribution in [0.4, 0.5) is 11.4 Å². The summed E-state index contributed by atoms with van der Waals surface area (Å²) >= 11 is 13.3. The highest BCUT2D eigenvalue weighted by atomic mass is 35.5. The van der Waals surface area contributed by atoms with Gasteiger partial charge in [0.05, 0.1) is 20.6 Å². The Morgan fingerprint density at radius 2 is 1.66 bits per heavy atom. The number of carbonyl (C=O) groups excluding carboxylic acids is 2. The fraction of sp³-hybridized carbons (Fsp3) is 0.167. The smallest absolute Gasteiger partial charge is 0.255 e. The lowest BCUT2D eigenvalue weighted by Crippen LogP contribution is -2.34. The maximum atomic E-state index is 13.0. The average molecular weight is 553 g/mol. The Kier molecular flexibility index (Phi) is 8.71. The minimum atomic E-state index is -3.93. The number of carbonyl (C=O) groups is 2. The quantitative estimate of drug-likeness (QED) is 0.238. The van der Waals surface area contributed by atoms with Crippen LogP contribution in [0.25, 0.3) is 0 Å². The number of rotatable bonds is 8. The SMILES string of the molecule is CCC(C(=O)Nc1ccc(NC(=O)c2ccc(Cl)c(Cl)c2)c(O)c1)S(=O)(=O)c1ccc(SC)cc1. The number of nitrogens with one attached hydrogen (secondary N) is 2. The van der Waals surface area contributed by atoms with E-state index in [-0.39, 0.29) is 39.0 Å². The van der Waals surface area contributed by atoms with Gasteiger partial charge in [-0.15, -0.1) is 11.8 Å². The summed E-state index contributed by atoms with van der Waals surface area (Å²) in [6.45, 7) is 1.61. The Balaban J connectivity index is 1.74. The Hall–Kier alpha value is -2.72. The largest absolute Gasteiger partial charge is 0.506 e. The molecule has 0 radical (unpaired) electrons. The van der Waals surface area contributed by atoms with E-state index in [1.807, 2.05) is 6.26 Å². The van der Waals surface area contributed by atoms with Gasteiger partial charge in [-0.2, -0.15) is 0 Å². The predicted octanol–water partition coefficient (Wildman–Crippen LogP) is 5.86. The van der Waals surface area contributed by atoms with Crippen molar-refractivity contribution in [3.63, 3.8) is 0 Å². The van der Waals surface area contributed by atoms with Gasteiger partial charge in [0.2, 0.25) is 5.91 Å². The second-order valence-corrected chi connectivity index (χ2v) is 11.2. The summed E-state index contributed by atoms with van der Waals surface area (Å²) in [5, 5.41) is 14.6. The molecule has 0 bridgehead atoms. The molecule has 0 spiro atoms. The minimum absolute atomic E-state index is 0.0560. The van der Waals surface area contributed by atoms with Gasteiger partial charge in [0.15, 0.2) is 9.84 Å². The van der Waals surface area contributed by atoms with E-state index < -0.39 is 26.9 Å². The van der Waals surface area contributed by atoms with Crippen LogP contribution < -0.4 is 10.6 Å². The van der Waals surface area contributed by atoms with Crippen LogP contribution in [0.1, 0.15) is 23.7 Å². The van der Waals surface area contributed by atoms with Crippen molar-refractivity contribution < 1.29 is 23.1 Å². The number of phenolic OH excluding ortho intramolecular Hbond substituents is 1. The van der Waals surface area contributed by atoms with Gasteiger partial charge in [0, 0.05) is 22.2 Å². The minimum Gasteiger partial charge on any atom is -0.506 e. The molecule has 0 saturated carbocycles. The first kappa shape index (κ1) is 26.9. The van der Waals surface area contributed by atoms with Crippen molar-refractivity contribution >= 4 is 68.0 Å². The molecule has 0 aromatic heterocycles. The summed E-state index contributed by atoms with van der Waals surface area (Å²) in [5.41, 5.74) is 0.497. The molecule has 3 aromatic carbocycles. The summed E-state index contributed by atoms with van der Waals surface area (Å²) in [6.07, 6.45) is 1.94. The molecule has 7 nitrogen and oxygen atoms in total. The van der Waals surface area contributed by atoms with Crippen molar-refractivity contribution in [3.8, 4) is 5.75 Å². The number of thioether (sulfide) groups is 1. The highest BCUT2D eigenvalue weighted by Crippen LogP contribution is 2.29. The summed E-state index contributed by atoms with van der Waals surface area (Å²) in [4.78, 5) is 26.2. The van der Waals surface area contributed by atoms with Gasteiger partial charge in [-0.05, 0) is 67.3 Å². The molecule has 2 amide bonds. The molecule has 11 heteroatoms. The van der Waals surface area contributed by atoms with Gasteiger partial charge in [-0.3, -0.25) is 9.59 Å². The standard InChI is InChI=1S/C24H22Cl2N2O5S2/c1-3-22(35(32,33)17-8-6-16(34-2)7-9-17)24(31)27-15-5-11-20(21(29)13-15)28-23(30)14-4-10-18(25)19(26)12-14/h4-13,22,29H,3H2,1-2H3,(H,27,31)(H,28,30). The predicted molar refractivity (Wildman–Crippen MR) is 141 cm³/mol. The third-order valence-corrected chi connectivity index (χ3v) is 8.83. The number of anilines is 2. The van der Waals surface area contributed by atoms with E-state index in [1.165, 1.54) is 60.3 Å². The van der Waals surface area contributed by atoms with Crippen LogP contribution >= 0.6 is 35.0 Å². The lowest BCUT2D eigenvalue weighted by Gasteiger charge is -2.17. The van der Waals surface area contributed by atoms with E-state index in [0.29, 0.717) is 5.02 Å². The van der Waals surface area contributed by atoms with Crippen LogP contribution in [-0.2, 0) is 14.6 Å². The van der Waals surface area contributed by atoms with E-state index in [0.717, 1.165) is 4.90 Å². The number of hydrogen-bond donors (Lipinski definition) is 3.